The van der Waals surface area contributed by atoms with Crippen LogP contribution in [0.3, 0.4) is 0 Å². The van der Waals surface area contributed by atoms with Crippen LogP contribution in [0.25, 0.3) is 5.57 Å². The van der Waals surface area contributed by atoms with Crippen molar-refractivity contribution in [2.24, 2.45) is 0 Å². The van der Waals surface area contributed by atoms with E-state index in [4.69, 9.17) is 16.3 Å². The van der Waals surface area contributed by atoms with Gasteiger partial charge in [0.2, 0.25) is 0 Å². The summed E-state index contributed by atoms with van der Waals surface area (Å²) in [4.78, 5) is 28.1. The minimum atomic E-state index is -0.507. The molecule has 1 aliphatic rings. The first-order valence-corrected chi connectivity index (χ1v) is 10.8. The summed E-state index contributed by atoms with van der Waals surface area (Å²) in [7, 11) is 0. The third-order valence-corrected chi connectivity index (χ3v) is 5.35. The van der Waals surface area contributed by atoms with Crippen molar-refractivity contribution < 1.29 is 18.7 Å². The Balaban J connectivity index is 1.76. The summed E-state index contributed by atoms with van der Waals surface area (Å²) in [5.74, 6) is -0.751. The molecule has 168 valence electrons. The highest BCUT2D eigenvalue weighted by Crippen LogP contribution is 2.36. The number of amides is 2. The topological polar surface area (TPSA) is 58.6 Å². The van der Waals surface area contributed by atoms with Gasteiger partial charge >= 0.3 is 0 Å². The zero-order valence-electron chi connectivity index (χ0n) is 18.4. The summed E-state index contributed by atoms with van der Waals surface area (Å²) in [5, 5.41) is 3.59. The van der Waals surface area contributed by atoms with Crippen LogP contribution in [0.2, 0.25) is 5.02 Å². The van der Waals surface area contributed by atoms with Crippen LogP contribution in [0.5, 0.6) is 5.75 Å². The predicted molar refractivity (Wildman–Crippen MR) is 128 cm³/mol. The second kappa shape index (κ2) is 9.08. The first kappa shape index (κ1) is 22.6. The fourth-order valence-electron chi connectivity index (χ4n) is 3.65. The van der Waals surface area contributed by atoms with E-state index in [1.54, 1.807) is 49.4 Å². The Bertz CT molecular complexity index is 1250. The average molecular weight is 465 g/mol. The number of nitrogens with zero attached hydrogens (tertiary/aromatic N) is 1. The molecular weight excluding hydrogens is 443 g/mol. The fraction of sp³-hybridized carbons (Fsp3) is 0.154. The van der Waals surface area contributed by atoms with Crippen molar-refractivity contribution in [3.63, 3.8) is 0 Å². The number of hydrogen-bond donors (Lipinski definition) is 1. The molecule has 5 nitrogen and oxygen atoms in total. The molecular formula is C26H22ClFN2O3. The third-order valence-electron chi connectivity index (χ3n) is 5.11. The predicted octanol–water partition coefficient (Wildman–Crippen LogP) is 5.97. The molecule has 4 rings (SSSR count). The number of hydrogen-bond acceptors (Lipinski definition) is 4. The van der Waals surface area contributed by atoms with Gasteiger partial charge in [0.15, 0.2) is 0 Å². The molecule has 0 spiro atoms. The number of anilines is 2. The van der Waals surface area contributed by atoms with E-state index >= 15 is 0 Å². The van der Waals surface area contributed by atoms with Crippen LogP contribution in [0.15, 0.2) is 72.4 Å². The van der Waals surface area contributed by atoms with E-state index in [1.807, 2.05) is 13.8 Å². The average Bonchev–Trinajstić information content (AvgIpc) is 3.00. The van der Waals surface area contributed by atoms with Gasteiger partial charge in [-0.2, -0.15) is 0 Å². The van der Waals surface area contributed by atoms with Crippen LogP contribution in [0.4, 0.5) is 15.8 Å². The number of nitrogens with one attached hydrogen (secondary N) is 1. The van der Waals surface area contributed by atoms with Crippen LogP contribution in [-0.2, 0) is 9.59 Å². The highest BCUT2D eigenvalue weighted by Gasteiger charge is 2.40. The van der Waals surface area contributed by atoms with Gasteiger partial charge in [-0.15, -0.1) is 0 Å². The zero-order valence-corrected chi connectivity index (χ0v) is 19.1. The second-order valence-corrected chi connectivity index (χ2v) is 8.39. The molecule has 1 N–H and O–H groups in total. The van der Waals surface area contributed by atoms with Gasteiger partial charge in [-0.1, -0.05) is 23.7 Å². The fourth-order valence-corrected chi connectivity index (χ4v) is 3.88. The minimum absolute atomic E-state index is 0.0294. The molecule has 0 unspecified atom stereocenters. The molecule has 1 aliphatic heterocycles. The molecule has 0 atom stereocenters. The maximum absolute atomic E-state index is 13.5. The van der Waals surface area contributed by atoms with Crippen molar-refractivity contribution in [2.45, 2.75) is 26.9 Å². The number of carbonyl (C=O) groups is 2. The number of aryl methyl sites for hydroxylation is 1. The molecule has 0 radical (unpaired) electrons. The molecule has 0 saturated carbocycles. The molecule has 3 aromatic rings. The number of imide groups is 1. The number of ether oxygens (including phenoxy) is 1. The van der Waals surface area contributed by atoms with E-state index in [9.17, 15) is 14.0 Å². The normalized spacial score (nSPS) is 13.8. The molecule has 1 heterocycles. The quantitative estimate of drug-likeness (QED) is 0.456. The lowest BCUT2D eigenvalue weighted by Gasteiger charge is -2.18. The Labute approximate surface area is 196 Å². The largest absolute Gasteiger partial charge is 0.491 e. The van der Waals surface area contributed by atoms with E-state index in [0.717, 1.165) is 4.90 Å². The third kappa shape index (κ3) is 4.61. The number of benzene rings is 3. The number of halogens is 2. The van der Waals surface area contributed by atoms with E-state index in [-0.39, 0.29) is 17.4 Å². The first-order chi connectivity index (χ1) is 15.7. The Morgan fingerprint density at radius 1 is 0.939 bits per heavy atom. The molecule has 3 aromatic carbocycles. The van der Waals surface area contributed by atoms with Crippen LogP contribution >= 0.6 is 11.6 Å². The van der Waals surface area contributed by atoms with Gasteiger partial charge in [-0.25, -0.2) is 9.29 Å². The highest BCUT2D eigenvalue weighted by atomic mass is 35.5. The van der Waals surface area contributed by atoms with E-state index in [2.05, 4.69) is 5.32 Å². The molecule has 0 fully saturated rings. The van der Waals surface area contributed by atoms with E-state index < -0.39 is 17.6 Å². The summed E-state index contributed by atoms with van der Waals surface area (Å²) < 4.78 is 19.2. The lowest BCUT2D eigenvalue weighted by atomic mass is 10.0. The van der Waals surface area contributed by atoms with Crippen molar-refractivity contribution in [1.82, 2.24) is 0 Å². The van der Waals surface area contributed by atoms with Gasteiger partial charge in [0.05, 0.1) is 17.4 Å². The van der Waals surface area contributed by atoms with Crippen molar-refractivity contribution in [3.05, 3.63) is 94.4 Å². The van der Waals surface area contributed by atoms with Gasteiger partial charge in [0.25, 0.3) is 11.8 Å². The van der Waals surface area contributed by atoms with Crippen molar-refractivity contribution in [2.75, 3.05) is 10.2 Å². The van der Waals surface area contributed by atoms with E-state index in [1.165, 1.54) is 24.3 Å². The van der Waals surface area contributed by atoms with Gasteiger partial charge in [-0.05, 0) is 86.5 Å². The summed E-state index contributed by atoms with van der Waals surface area (Å²) in [6.07, 6.45) is 0.0294. The Morgan fingerprint density at radius 3 is 2.21 bits per heavy atom. The second-order valence-electron chi connectivity index (χ2n) is 7.95. The monoisotopic (exact) mass is 464 g/mol. The van der Waals surface area contributed by atoms with Gasteiger partial charge in [0, 0.05) is 10.7 Å². The van der Waals surface area contributed by atoms with Crippen molar-refractivity contribution in [1.29, 1.82) is 0 Å². The SMILES string of the molecule is Cc1cc(Cl)ccc1N1C(=O)C(Nc2ccc(OC(C)C)cc2)=C(c2ccc(F)cc2)C1=O. The Hall–Kier alpha value is -3.64. The molecule has 0 aromatic heterocycles. The molecule has 0 aliphatic carbocycles. The molecule has 7 heteroatoms. The van der Waals surface area contributed by atoms with Crippen LogP contribution in [0, 0.1) is 12.7 Å². The zero-order chi connectivity index (χ0) is 23.7. The first-order valence-electron chi connectivity index (χ1n) is 10.4. The molecule has 33 heavy (non-hydrogen) atoms. The molecule has 2 amide bonds. The minimum Gasteiger partial charge on any atom is -0.491 e. The van der Waals surface area contributed by atoms with Crippen LogP contribution in [0.1, 0.15) is 25.0 Å². The summed E-state index contributed by atoms with van der Waals surface area (Å²) >= 11 is 6.06. The van der Waals surface area contributed by atoms with Crippen LogP contribution in [-0.4, -0.2) is 17.9 Å². The van der Waals surface area contributed by atoms with Crippen LogP contribution < -0.4 is 15.0 Å². The number of carbonyl (C=O) groups excluding carboxylic acids is 2. The maximum Gasteiger partial charge on any atom is 0.282 e. The molecule has 0 saturated heterocycles. The smallest absolute Gasteiger partial charge is 0.282 e. The summed E-state index contributed by atoms with van der Waals surface area (Å²) in [6, 6.07) is 17.5. The Kier molecular flexibility index (Phi) is 6.20. The summed E-state index contributed by atoms with van der Waals surface area (Å²) in [6.45, 7) is 5.64. The lowest BCUT2D eigenvalue weighted by molar-refractivity contribution is -0.120. The van der Waals surface area contributed by atoms with Gasteiger partial charge < -0.3 is 10.1 Å². The highest BCUT2D eigenvalue weighted by molar-refractivity contribution is 6.46. The summed E-state index contributed by atoms with van der Waals surface area (Å²) in [5.41, 5.74) is 2.43. The standard InChI is InChI=1S/C26H22ClFN2O3/c1-15(2)33-21-11-9-20(10-12-21)29-24-23(17-4-7-19(28)8-5-17)25(31)30(26(24)32)22-13-6-18(27)14-16(22)3/h4-15,29H,1-3H3. The van der Waals surface area contributed by atoms with Crippen molar-refractivity contribution in [3.8, 4) is 5.75 Å². The van der Waals surface area contributed by atoms with Crippen molar-refractivity contribution >= 4 is 40.4 Å². The molecule has 0 bridgehead atoms. The van der Waals surface area contributed by atoms with Gasteiger partial charge in [0.1, 0.15) is 17.3 Å². The van der Waals surface area contributed by atoms with Gasteiger partial charge in [-0.3, -0.25) is 9.59 Å². The maximum atomic E-state index is 13.5. The Morgan fingerprint density at radius 2 is 1.61 bits per heavy atom. The van der Waals surface area contributed by atoms with E-state index in [0.29, 0.717) is 33.3 Å². The number of rotatable bonds is 6. The lowest BCUT2D eigenvalue weighted by Crippen LogP contribution is -2.33.